The molecule has 0 aliphatic heterocycles. The molecular weight excluding hydrogens is 705 g/mol. The summed E-state index contributed by atoms with van der Waals surface area (Å²) in [5.41, 5.74) is 9.98. The first-order valence-corrected chi connectivity index (χ1v) is 19.3. The molecule has 0 saturated heterocycles. The van der Waals surface area contributed by atoms with Crippen LogP contribution in [0.25, 0.3) is 105 Å². The molecular formula is C49H30N6S. The van der Waals surface area contributed by atoms with E-state index >= 15 is 0 Å². The van der Waals surface area contributed by atoms with Crippen LogP contribution in [0.4, 0.5) is 0 Å². The summed E-state index contributed by atoms with van der Waals surface area (Å²) in [4.78, 5) is 25.4. The molecule has 11 rings (SSSR count). The number of hydrogen-bond acceptors (Lipinski definition) is 6. The van der Waals surface area contributed by atoms with Gasteiger partial charge in [0.2, 0.25) is 0 Å². The predicted octanol–water partition coefficient (Wildman–Crippen LogP) is 12.5. The molecule has 0 bridgehead atoms. The zero-order valence-corrected chi connectivity index (χ0v) is 30.7. The quantitative estimate of drug-likeness (QED) is 0.170. The predicted molar refractivity (Wildman–Crippen MR) is 230 cm³/mol. The van der Waals surface area contributed by atoms with Crippen LogP contribution in [0.3, 0.4) is 0 Å². The Kier molecular flexibility index (Phi) is 7.57. The Morgan fingerprint density at radius 2 is 0.875 bits per heavy atom. The number of nitrogens with zero attached hydrogens (tertiary/aromatic N) is 6. The van der Waals surface area contributed by atoms with Gasteiger partial charge in [-0.25, -0.2) is 24.9 Å². The monoisotopic (exact) mass is 734 g/mol. The lowest BCUT2D eigenvalue weighted by Crippen LogP contribution is -2.01. The Morgan fingerprint density at radius 3 is 1.50 bits per heavy atom. The van der Waals surface area contributed by atoms with Gasteiger partial charge in [-0.05, 0) is 30.3 Å². The Morgan fingerprint density at radius 1 is 0.357 bits per heavy atom. The van der Waals surface area contributed by atoms with Crippen molar-refractivity contribution in [3.63, 3.8) is 0 Å². The third-order valence-corrected chi connectivity index (χ3v) is 11.4. The summed E-state index contributed by atoms with van der Waals surface area (Å²) in [7, 11) is 0. The van der Waals surface area contributed by atoms with Gasteiger partial charge in [0.25, 0.3) is 0 Å². The van der Waals surface area contributed by atoms with Crippen molar-refractivity contribution < 1.29 is 0 Å². The first-order chi connectivity index (χ1) is 27.7. The molecule has 7 heteroatoms. The maximum Gasteiger partial charge on any atom is 0.164 e. The lowest BCUT2D eigenvalue weighted by Gasteiger charge is -2.11. The summed E-state index contributed by atoms with van der Waals surface area (Å²) in [5, 5.41) is 3.47. The highest BCUT2D eigenvalue weighted by Crippen LogP contribution is 2.43. The highest BCUT2D eigenvalue weighted by molar-refractivity contribution is 7.26. The summed E-state index contributed by atoms with van der Waals surface area (Å²) in [6, 6.07) is 62.7. The Bertz CT molecular complexity index is 3170. The van der Waals surface area contributed by atoms with Crippen molar-refractivity contribution in [2.45, 2.75) is 0 Å². The normalized spacial score (nSPS) is 11.6. The van der Waals surface area contributed by atoms with Crippen molar-refractivity contribution in [2.24, 2.45) is 0 Å². The average molecular weight is 735 g/mol. The standard InChI is InChI=1S/C49H30N6S/c1-5-16-31(17-6-1)43-45-44(51-46(50-43)32-18-7-2-8-19-32)39-29-41-38(30-42(39)56-45)37-26-13-14-27-40(37)55(41)36-25-15-24-35(28-36)49-53-47(33-20-9-3-10-21-33)52-48(54-49)34-22-11-4-12-23-34/h1-30H. The molecule has 0 N–H and O–H groups in total. The van der Waals surface area contributed by atoms with Crippen LogP contribution in [-0.2, 0) is 0 Å². The lowest BCUT2D eigenvalue weighted by molar-refractivity contribution is 1.07. The van der Waals surface area contributed by atoms with Gasteiger partial charge in [0.15, 0.2) is 23.3 Å². The van der Waals surface area contributed by atoms with Crippen LogP contribution in [0, 0.1) is 0 Å². The van der Waals surface area contributed by atoms with Crippen molar-refractivity contribution in [3.05, 3.63) is 182 Å². The van der Waals surface area contributed by atoms with Gasteiger partial charge < -0.3 is 4.57 Å². The van der Waals surface area contributed by atoms with Crippen LogP contribution in [0.1, 0.15) is 0 Å². The molecule has 4 heterocycles. The summed E-state index contributed by atoms with van der Waals surface area (Å²) < 4.78 is 4.61. The summed E-state index contributed by atoms with van der Waals surface area (Å²) in [6.07, 6.45) is 0. The molecule has 6 nitrogen and oxygen atoms in total. The van der Waals surface area contributed by atoms with Gasteiger partial charge >= 0.3 is 0 Å². The second-order valence-corrected chi connectivity index (χ2v) is 14.8. The molecule has 7 aromatic carbocycles. The minimum absolute atomic E-state index is 0.616. The molecule has 4 aromatic heterocycles. The number of para-hydroxylation sites is 1. The van der Waals surface area contributed by atoms with Crippen molar-refractivity contribution in [1.29, 1.82) is 0 Å². The van der Waals surface area contributed by atoms with Gasteiger partial charge in [-0.15, -0.1) is 11.3 Å². The Hall–Kier alpha value is -7.35. The smallest absolute Gasteiger partial charge is 0.164 e. The average Bonchev–Trinajstić information content (AvgIpc) is 3.81. The number of rotatable bonds is 6. The van der Waals surface area contributed by atoms with Crippen LogP contribution in [-0.4, -0.2) is 29.5 Å². The van der Waals surface area contributed by atoms with Crippen molar-refractivity contribution in [2.75, 3.05) is 0 Å². The zero-order valence-electron chi connectivity index (χ0n) is 29.9. The molecule has 11 aromatic rings. The Labute approximate surface area is 326 Å². The second-order valence-electron chi connectivity index (χ2n) is 13.7. The summed E-state index contributed by atoms with van der Waals surface area (Å²) >= 11 is 1.76. The molecule has 0 radical (unpaired) electrons. The largest absolute Gasteiger partial charge is 0.309 e. The van der Waals surface area contributed by atoms with Crippen LogP contribution < -0.4 is 0 Å². The van der Waals surface area contributed by atoms with E-state index in [2.05, 4.69) is 102 Å². The van der Waals surface area contributed by atoms with E-state index in [1.807, 2.05) is 84.9 Å². The number of thiophene rings is 1. The maximum atomic E-state index is 5.27. The molecule has 0 amide bonds. The highest BCUT2D eigenvalue weighted by Gasteiger charge is 2.21. The highest BCUT2D eigenvalue weighted by atomic mass is 32.1. The van der Waals surface area contributed by atoms with Crippen LogP contribution in [0.2, 0.25) is 0 Å². The van der Waals surface area contributed by atoms with Gasteiger partial charge in [0.1, 0.15) is 0 Å². The minimum Gasteiger partial charge on any atom is -0.309 e. The van der Waals surface area contributed by atoms with E-state index in [1.54, 1.807) is 11.3 Å². The van der Waals surface area contributed by atoms with Crippen LogP contribution in [0.5, 0.6) is 0 Å². The summed E-state index contributed by atoms with van der Waals surface area (Å²) in [5.74, 6) is 2.60. The molecule has 0 atom stereocenters. The number of aromatic nitrogens is 6. The van der Waals surface area contributed by atoms with E-state index in [4.69, 9.17) is 24.9 Å². The third kappa shape index (κ3) is 5.44. The number of benzene rings is 7. The number of hydrogen-bond donors (Lipinski definition) is 0. The van der Waals surface area contributed by atoms with Crippen LogP contribution >= 0.6 is 11.3 Å². The number of fused-ring (bicyclic) bond motifs is 6. The van der Waals surface area contributed by atoms with E-state index < -0.39 is 0 Å². The topological polar surface area (TPSA) is 69.4 Å². The van der Waals surface area contributed by atoms with Gasteiger partial charge in [0.05, 0.1) is 26.9 Å². The fraction of sp³-hybridized carbons (Fsp3) is 0. The molecule has 0 unspecified atom stereocenters. The molecule has 0 spiro atoms. The SMILES string of the molecule is c1ccc(-c2nc(-c3ccccc3)nc(-c3cccc(-n4c5ccccc5c5cc6sc7c(-c8ccccc8)nc(-c8ccccc8)nc7c6cc54)c3)n2)cc1. The summed E-state index contributed by atoms with van der Waals surface area (Å²) in [6.45, 7) is 0. The van der Waals surface area contributed by atoms with E-state index in [0.717, 1.165) is 65.8 Å². The first kappa shape index (κ1) is 32.1. The lowest BCUT2D eigenvalue weighted by atomic mass is 10.1. The molecule has 0 aliphatic carbocycles. The third-order valence-electron chi connectivity index (χ3n) is 10.2. The van der Waals surface area contributed by atoms with E-state index in [9.17, 15) is 0 Å². The van der Waals surface area contributed by atoms with E-state index in [-0.39, 0.29) is 0 Å². The molecule has 56 heavy (non-hydrogen) atoms. The van der Waals surface area contributed by atoms with Crippen molar-refractivity contribution in [3.8, 4) is 62.5 Å². The van der Waals surface area contributed by atoms with Gasteiger partial charge in [-0.1, -0.05) is 152 Å². The molecule has 262 valence electrons. The minimum atomic E-state index is 0.616. The molecule has 0 aliphatic rings. The van der Waals surface area contributed by atoms with Crippen LogP contribution in [0.15, 0.2) is 182 Å². The molecule has 0 fully saturated rings. The fourth-order valence-corrected chi connectivity index (χ4v) is 8.79. The van der Waals surface area contributed by atoms with Crippen molar-refractivity contribution in [1.82, 2.24) is 29.5 Å². The second kappa shape index (κ2) is 13.2. The van der Waals surface area contributed by atoms with E-state index in [0.29, 0.717) is 23.3 Å². The maximum absolute atomic E-state index is 5.27. The van der Waals surface area contributed by atoms with Gasteiger partial charge in [0, 0.05) is 54.4 Å². The van der Waals surface area contributed by atoms with E-state index in [1.165, 1.54) is 15.5 Å². The van der Waals surface area contributed by atoms with Gasteiger partial charge in [-0.3, -0.25) is 0 Å². The van der Waals surface area contributed by atoms with Crippen molar-refractivity contribution >= 4 is 53.4 Å². The van der Waals surface area contributed by atoms with Gasteiger partial charge in [-0.2, -0.15) is 0 Å². The zero-order chi connectivity index (χ0) is 37.0. The Balaban J connectivity index is 1.14. The molecule has 0 saturated carbocycles. The first-order valence-electron chi connectivity index (χ1n) is 18.5. The fourth-order valence-electron chi connectivity index (χ4n) is 7.61.